The van der Waals surface area contributed by atoms with E-state index in [1.54, 1.807) is 6.08 Å². The number of benzene rings is 2. The van der Waals surface area contributed by atoms with Gasteiger partial charge in [0.05, 0.1) is 17.3 Å². The lowest BCUT2D eigenvalue weighted by Gasteiger charge is -2.28. The van der Waals surface area contributed by atoms with Gasteiger partial charge in [-0.15, -0.1) is 0 Å². The highest BCUT2D eigenvalue weighted by Gasteiger charge is 2.38. The molecule has 1 aliphatic carbocycles. The molecule has 2 aromatic carbocycles. The Bertz CT molecular complexity index is 933. The van der Waals surface area contributed by atoms with Crippen molar-refractivity contribution >= 4 is 28.8 Å². The first kappa shape index (κ1) is 15.6. The highest BCUT2D eigenvalue weighted by molar-refractivity contribution is 7.80. The minimum absolute atomic E-state index is 0.0236. The Morgan fingerprint density at radius 2 is 1.96 bits per heavy atom. The smallest absolute Gasteiger partial charge is 0.194 e. The van der Waals surface area contributed by atoms with E-state index in [0.29, 0.717) is 22.9 Å². The highest BCUT2D eigenvalue weighted by atomic mass is 32.1. The molecular formula is C20H16N2O2S. The minimum Gasteiger partial charge on any atom is -0.490 e. The van der Waals surface area contributed by atoms with Gasteiger partial charge < -0.3 is 15.4 Å². The van der Waals surface area contributed by atoms with E-state index in [1.807, 2.05) is 48.5 Å². The Balaban J connectivity index is 1.78. The monoisotopic (exact) mass is 348 g/mol. The number of hydrogen-bond acceptors (Lipinski definition) is 3. The SMILES string of the molecule is C=CCOc1cccc(C2NC(=S)NC3=C2C(=O)c2ccccc23)c1. The van der Waals surface area contributed by atoms with Gasteiger partial charge in [-0.05, 0) is 29.9 Å². The topological polar surface area (TPSA) is 50.4 Å². The second kappa shape index (κ2) is 6.18. The zero-order chi connectivity index (χ0) is 17.4. The maximum absolute atomic E-state index is 13.0. The van der Waals surface area contributed by atoms with Gasteiger partial charge in [0.2, 0.25) is 0 Å². The standard InChI is InChI=1S/C20H16N2O2S/c1-2-10-24-13-7-5-6-12(11-13)17-16-18(22-20(25)21-17)14-8-3-4-9-15(14)19(16)23/h2-9,11,17H,1,10H2,(H2,21,22,25). The third kappa shape index (κ3) is 2.62. The number of carbonyl (C=O) groups is 1. The van der Waals surface area contributed by atoms with Crippen molar-refractivity contribution in [1.29, 1.82) is 0 Å². The summed E-state index contributed by atoms with van der Waals surface area (Å²) in [7, 11) is 0. The van der Waals surface area contributed by atoms with Gasteiger partial charge in [-0.1, -0.05) is 49.1 Å². The highest BCUT2D eigenvalue weighted by Crippen LogP contribution is 2.40. The van der Waals surface area contributed by atoms with Crippen molar-refractivity contribution in [2.24, 2.45) is 0 Å². The van der Waals surface area contributed by atoms with Crippen molar-refractivity contribution in [3.63, 3.8) is 0 Å². The van der Waals surface area contributed by atoms with Crippen LogP contribution in [0, 0.1) is 0 Å². The lowest BCUT2D eigenvalue weighted by Crippen LogP contribution is -2.43. The molecule has 0 aromatic heterocycles. The Labute approximate surface area is 151 Å². The number of thiocarbonyl (C=S) groups is 1. The summed E-state index contributed by atoms with van der Waals surface area (Å²) in [5.74, 6) is 0.754. The van der Waals surface area contributed by atoms with Gasteiger partial charge in [0.25, 0.3) is 0 Å². The van der Waals surface area contributed by atoms with E-state index in [0.717, 1.165) is 22.6 Å². The molecule has 1 heterocycles. The molecule has 1 atom stereocenters. The third-order valence-electron chi connectivity index (χ3n) is 4.32. The molecule has 2 aliphatic rings. The van der Waals surface area contributed by atoms with Gasteiger partial charge in [0, 0.05) is 11.1 Å². The maximum atomic E-state index is 13.0. The fraction of sp³-hybridized carbons (Fsp3) is 0.100. The summed E-state index contributed by atoms with van der Waals surface area (Å²) in [5.41, 5.74) is 4.02. The summed E-state index contributed by atoms with van der Waals surface area (Å²) in [6.45, 7) is 4.09. The van der Waals surface area contributed by atoms with Crippen LogP contribution < -0.4 is 15.4 Å². The maximum Gasteiger partial charge on any atom is 0.194 e. The summed E-state index contributed by atoms with van der Waals surface area (Å²) < 4.78 is 5.62. The van der Waals surface area contributed by atoms with Crippen molar-refractivity contribution in [3.8, 4) is 5.75 Å². The number of ketones is 1. The van der Waals surface area contributed by atoms with Crippen molar-refractivity contribution < 1.29 is 9.53 Å². The first-order valence-electron chi connectivity index (χ1n) is 7.98. The van der Waals surface area contributed by atoms with Crippen LogP contribution in [0.1, 0.15) is 27.5 Å². The summed E-state index contributed by atoms with van der Waals surface area (Å²) in [6, 6.07) is 15.0. The Morgan fingerprint density at radius 1 is 1.16 bits per heavy atom. The lowest BCUT2D eigenvalue weighted by molar-refractivity contribution is 0.103. The molecule has 0 radical (unpaired) electrons. The molecule has 5 heteroatoms. The third-order valence-corrected chi connectivity index (χ3v) is 4.54. The Morgan fingerprint density at radius 3 is 2.76 bits per heavy atom. The molecule has 0 fully saturated rings. The molecule has 0 saturated heterocycles. The van der Waals surface area contributed by atoms with Crippen LogP contribution in [0.3, 0.4) is 0 Å². The van der Waals surface area contributed by atoms with Crippen LogP contribution in [0.2, 0.25) is 0 Å². The predicted octanol–water partition coefficient (Wildman–Crippen LogP) is 3.38. The Hall–Kier alpha value is -2.92. The van der Waals surface area contributed by atoms with Crippen molar-refractivity contribution in [2.45, 2.75) is 6.04 Å². The molecule has 1 aliphatic heterocycles. The van der Waals surface area contributed by atoms with Crippen LogP contribution in [-0.2, 0) is 0 Å². The predicted molar refractivity (Wildman–Crippen MR) is 101 cm³/mol. The number of ether oxygens (including phenoxy) is 1. The van der Waals surface area contributed by atoms with Gasteiger partial charge in [0.1, 0.15) is 12.4 Å². The number of carbonyl (C=O) groups excluding carboxylic acids is 1. The van der Waals surface area contributed by atoms with Gasteiger partial charge in [-0.2, -0.15) is 0 Å². The zero-order valence-electron chi connectivity index (χ0n) is 13.4. The van der Waals surface area contributed by atoms with Crippen LogP contribution in [0.5, 0.6) is 5.75 Å². The van der Waals surface area contributed by atoms with Crippen molar-refractivity contribution in [1.82, 2.24) is 10.6 Å². The molecule has 25 heavy (non-hydrogen) atoms. The summed E-state index contributed by atoms with van der Waals surface area (Å²) in [5, 5.41) is 6.87. The van der Waals surface area contributed by atoms with Gasteiger partial charge >= 0.3 is 0 Å². The van der Waals surface area contributed by atoms with Crippen LogP contribution >= 0.6 is 12.2 Å². The summed E-state index contributed by atoms with van der Waals surface area (Å²) in [4.78, 5) is 13.0. The molecule has 1 unspecified atom stereocenters. The van der Waals surface area contributed by atoms with Crippen molar-refractivity contribution in [2.75, 3.05) is 6.61 Å². The van der Waals surface area contributed by atoms with E-state index in [4.69, 9.17) is 17.0 Å². The quantitative estimate of drug-likeness (QED) is 0.655. The van der Waals surface area contributed by atoms with Crippen LogP contribution in [0.15, 0.2) is 66.8 Å². The molecular weight excluding hydrogens is 332 g/mol. The number of fused-ring (bicyclic) bond motifs is 2. The van der Waals surface area contributed by atoms with E-state index in [2.05, 4.69) is 17.2 Å². The van der Waals surface area contributed by atoms with Crippen molar-refractivity contribution in [3.05, 3.63) is 83.4 Å². The van der Waals surface area contributed by atoms with Crippen LogP contribution in [0.25, 0.3) is 5.70 Å². The molecule has 4 nitrogen and oxygen atoms in total. The molecule has 0 saturated carbocycles. The molecule has 2 N–H and O–H groups in total. The zero-order valence-corrected chi connectivity index (χ0v) is 14.2. The average molecular weight is 348 g/mol. The normalized spacial score (nSPS) is 18.2. The van der Waals surface area contributed by atoms with Crippen LogP contribution in [0.4, 0.5) is 0 Å². The van der Waals surface area contributed by atoms with Gasteiger partial charge in [-0.25, -0.2) is 0 Å². The number of hydrogen-bond donors (Lipinski definition) is 2. The number of nitrogens with one attached hydrogen (secondary N) is 2. The molecule has 124 valence electrons. The second-order valence-corrected chi connectivity index (χ2v) is 6.28. The fourth-order valence-electron chi connectivity index (χ4n) is 3.25. The van der Waals surface area contributed by atoms with E-state index >= 15 is 0 Å². The molecule has 0 amide bonds. The van der Waals surface area contributed by atoms with E-state index in [9.17, 15) is 4.79 Å². The molecule has 2 aromatic rings. The van der Waals surface area contributed by atoms with E-state index in [-0.39, 0.29) is 11.8 Å². The van der Waals surface area contributed by atoms with Gasteiger partial charge in [-0.3, -0.25) is 4.79 Å². The fourth-order valence-corrected chi connectivity index (χ4v) is 3.47. The summed E-state index contributed by atoms with van der Waals surface area (Å²) in [6.07, 6.45) is 1.70. The second-order valence-electron chi connectivity index (χ2n) is 5.87. The average Bonchev–Trinajstić information content (AvgIpc) is 2.92. The Kier molecular flexibility index (Phi) is 3.86. The summed E-state index contributed by atoms with van der Waals surface area (Å²) >= 11 is 5.37. The number of Topliss-reactive ketones (excluding diaryl/α,β-unsaturated/α-hetero) is 1. The van der Waals surface area contributed by atoms with Gasteiger partial charge in [0.15, 0.2) is 10.9 Å². The number of rotatable bonds is 4. The minimum atomic E-state index is -0.309. The lowest BCUT2D eigenvalue weighted by atomic mass is 9.94. The molecule has 0 bridgehead atoms. The molecule has 4 rings (SSSR count). The molecule has 0 spiro atoms. The van der Waals surface area contributed by atoms with Crippen LogP contribution in [-0.4, -0.2) is 17.5 Å². The van der Waals surface area contributed by atoms with E-state index in [1.165, 1.54) is 0 Å². The first-order chi connectivity index (χ1) is 12.2. The van der Waals surface area contributed by atoms with E-state index < -0.39 is 0 Å². The largest absolute Gasteiger partial charge is 0.490 e. The first-order valence-corrected chi connectivity index (χ1v) is 8.39.